The quantitative estimate of drug-likeness (QED) is 0.308. The van der Waals surface area contributed by atoms with Crippen LogP contribution in [0.25, 0.3) is 10.9 Å². The van der Waals surface area contributed by atoms with Crippen molar-refractivity contribution in [1.29, 1.82) is 0 Å². The molecule has 0 spiro atoms. The Bertz CT molecular complexity index is 1360. The fourth-order valence-corrected chi connectivity index (χ4v) is 4.19. The number of aromatic nitrogens is 2. The molecule has 2 atom stereocenters. The lowest BCUT2D eigenvalue weighted by atomic mass is 10.0. The molecule has 4 rings (SSSR count). The first-order valence-corrected chi connectivity index (χ1v) is 12.2. The molecule has 0 radical (unpaired) electrons. The number of methoxy groups -OCH3 is 1. The van der Waals surface area contributed by atoms with Crippen LogP contribution in [0.3, 0.4) is 0 Å². The van der Waals surface area contributed by atoms with Gasteiger partial charge in [0.15, 0.2) is 17.4 Å². The van der Waals surface area contributed by atoms with E-state index in [2.05, 4.69) is 20.6 Å². The Labute approximate surface area is 217 Å². The molecule has 11 nitrogen and oxygen atoms in total. The van der Waals surface area contributed by atoms with Gasteiger partial charge in [-0.25, -0.2) is 9.37 Å². The maximum absolute atomic E-state index is 14.6. The highest BCUT2D eigenvalue weighted by Crippen LogP contribution is 2.26. The van der Waals surface area contributed by atoms with Gasteiger partial charge in [-0.1, -0.05) is 12.1 Å². The lowest BCUT2D eigenvalue weighted by Crippen LogP contribution is -2.44. The van der Waals surface area contributed by atoms with Crippen molar-refractivity contribution in [1.82, 2.24) is 20.6 Å². The SMILES string of the molecule is COc1cccc(CNC(=O)c2nc3ccc(F)c(OCCC4CCC(NC(=O)CO)CO4)c3c(=O)[nH]2)c1. The van der Waals surface area contributed by atoms with Gasteiger partial charge >= 0.3 is 0 Å². The Hall–Kier alpha value is -4.03. The number of nitrogens with zero attached hydrogens (tertiary/aromatic N) is 1. The highest BCUT2D eigenvalue weighted by molar-refractivity contribution is 5.93. The molecule has 3 aromatic rings. The molecule has 2 amide bonds. The third-order valence-electron chi connectivity index (χ3n) is 6.15. The summed E-state index contributed by atoms with van der Waals surface area (Å²) in [6, 6.07) is 9.44. The average Bonchev–Trinajstić information content (AvgIpc) is 2.93. The van der Waals surface area contributed by atoms with Crippen LogP contribution in [0.4, 0.5) is 4.39 Å². The number of halogens is 1. The first-order chi connectivity index (χ1) is 18.4. The first kappa shape index (κ1) is 27.0. The van der Waals surface area contributed by atoms with Crippen molar-refractivity contribution in [2.75, 3.05) is 26.9 Å². The lowest BCUT2D eigenvalue weighted by molar-refractivity contribution is -0.126. The lowest BCUT2D eigenvalue weighted by Gasteiger charge is -2.29. The van der Waals surface area contributed by atoms with Crippen LogP contribution in [-0.2, 0) is 16.1 Å². The van der Waals surface area contributed by atoms with Crippen LogP contribution < -0.4 is 25.7 Å². The molecule has 2 heterocycles. The van der Waals surface area contributed by atoms with E-state index in [4.69, 9.17) is 19.3 Å². The van der Waals surface area contributed by atoms with E-state index < -0.39 is 29.8 Å². The number of carbonyl (C=O) groups excluding carboxylic acids is 2. The van der Waals surface area contributed by atoms with E-state index >= 15 is 0 Å². The summed E-state index contributed by atoms with van der Waals surface area (Å²) in [6.07, 6.45) is 1.60. The van der Waals surface area contributed by atoms with Gasteiger partial charge < -0.3 is 34.9 Å². The number of aliphatic hydroxyl groups excluding tert-OH is 1. The highest BCUT2D eigenvalue weighted by Gasteiger charge is 2.23. The third kappa shape index (κ3) is 6.64. The molecule has 38 heavy (non-hydrogen) atoms. The van der Waals surface area contributed by atoms with Crippen LogP contribution in [0.2, 0.25) is 0 Å². The molecule has 0 aliphatic carbocycles. The summed E-state index contributed by atoms with van der Waals surface area (Å²) in [6.45, 7) is -0.0109. The number of nitrogens with one attached hydrogen (secondary N) is 3. The highest BCUT2D eigenvalue weighted by atomic mass is 19.1. The van der Waals surface area contributed by atoms with Crippen molar-refractivity contribution >= 4 is 22.7 Å². The number of rotatable bonds is 10. The monoisotopic (exact) mass is 528 g/mol. The van der Waals surface area contributed by atoms with Crippen molar-refractivity contribution in [3.63, 3.8) is 0 Å². The Morgan fingerprint density at radius 1 is 1.26 bits per heavy atom. The van der Waals surface area contributed by atoms with Gasteiger partial charge in [-0.2, -0.15) is 0 Å². The van der Waals surface area contributed by atoms with Gasteiger partial charge in [0.25, 0.3) is 11.5 Å². The van der Waals surface area contributed by atoms with Crippen LogP contribution in [-0.4, -0.2) is 66.0 Å². The summed E-state index contributed by atoms with van der Waals surface area (Å²) in [4.78, 5) is 43.4. The number of fused-ring (bicyclic) bond motifs is 1. The largest absolute Gasteiger partial charge is 0.497 e. The normalized spacial score (nSPS) is 17.1. The Balaban J connectivity index is 1.38. The maximum Gasteiger partial charge on any atom is 0.287 e. The molecule has 4 N–H and O–H groups in total. The third-order valence-corrected chi connectivity index (χ3v) is 6.15. The van der Waals surface area contributed by atoms with Crippen LogP contribution in [0.15, 0.2) is 41.2 Å². The van der Waals surface area contributed by atoms with E-state index in [9.17, 15) is 18.8 Å². The molecule has 1 aliphatic heterocycles. The average molecular weight is 529 g/mol. The molecule has 1 fully saturated rings. The van der Waals surface area contributed by atoms with Crippen molar-refractivity contribution in [2.24, 2.45) is 0 Å². The summed E-state index contributed by atoms with van der Waals surface area (Å²) in [5, 5.41) is 14.1. The van der Waals surface area contributed by atoms with Gasteiger partial charge in [0, 0.05) is 13.0 Å². The number of ether oxygens (including phenoxy) is 3. The van der Waals surface area contributed by atoms with Gasteiger partial charge in [0.2, 0.25) is 5.91 Å². The minimum absolute atomic E-state index is 0.0799. The Kier molecular flexibility index (Phi) is 8.87. The molecule has 2 unspecified atom stereocenters. The molecule has 12 heteroatoms. The number of amides is 2. The Morgan fingerprint density at radius 2 is 2.11 bits per heavy atom. The minimum atomic E-state index is -0.726. The first-order valence-electron chi connectivity index (χ1n) is 12.2. The number of aliphatic hydroxyl groups is 1. The molecule has 1 saturated heterocycles. The van der Waals surface area contributed by atoms with E-state index in [1.165, 1.54) is 6.07 Å². The predicted molar refractivity (Wildman–Crippen MR) is 135 cm³/mol. The smallest absolute Gasteiger partial charge is 0.287 e. The summed E-state index contributed by atoms with van der Waals surface area (Å²) in [5.41, 5.74) is 0.214. The van der Waals surface area contributed by atoms with Crippen molar-refractivity contribution < 1.29 is 33.3 Å². The number of hydrogen-bond acceptors (Lipinski definition) is 8. The molecule has 0 bridgehead atoms. The van der Waals surface area contributed by atoms with E-state index in [1.54, 1.807) is 25.3 Å². The summed E-state index contributed by atoms with van der Waals surface area (Å²) in [5.74, 6) is -1.58. The van der Waals surface area contributed by atoms with Crippen LogP contribution in [0.1, 0.15) is 35.4 Å². The fourth-order valence-electron chi connectivity index (χ4n) is 4.19. The van der Waals surface area contributed by atoms with E-state index in [-0.39, 0.29) is 47.8 Å². The molecular formula is C26H29FN4O7. The molecular weight excluding hydrogens is 499 g/mol. The number of H-pyrrole nitrogens is 1. The number of aromatic amines is 1. The second-order valence-corrected chi connectivity index (χ2v) is 8.81. The van der Waals surface area contributed by atoms with Gasteiger partial charge in [-0.05, 0) is 42.7 Å². The van der Waals surface area contributed by atoms with Crippen molar-refractivity contribution in [3.05, 3.63) is 64.0 Å². The van der Waals surface area contributed by atoms with Gasteiger partial charge in [-0.15, -0.1) is 0 Å². The fraction of sp³-hybridized carbons (Fsp3) is 0.385. The van der Waals surface area contributed by atoms with E-state index in [0.717, 1.165) is 11.6 Å². The molecule has 0 saturated carbocycles. The van der Waals surface area contributed by atoms with Crippen LogP contribution >= 0.6 is 0 Å². The van der Waals surface area contributed by atoms with E-state index in [1.807, 2.05) is 6.07 Å². The zero-order chi connectivity index (χ0) is 27.1. The zero-order valence-electron chi connectivity index (χ0n) is 20.8. The molecule has 2 aromatic carbocycles. The zero-order valence-corrected chi connectivity index (χ0v) is 20.8. The number of benzene rings is 2. The summed E-state index contributed by atoms with van der Waals surface area (Å²) < 4.78 is 31.1. The summed E-state index contributed by atoms with van der Waals surface area (Å²) >= 11 is 0. The van der Waals surface area contributed by atoms with Gasteiger partial charge in [0.1, 0.15) is 17.7 Å². The Morgan fingerprint density at radius 3 is 2.84 bits per heavy atom. The van der Waals surface area contributed by atoms with Crippen molar-refractivity contribution in [2.45, 2.75) is 38.0 Å². The number of carbonyl (C=O) groups is 2. The molecule has 1 aromatic heterocycles. The van der Waals surface area contributed by atoms with Gasteiger partial charge in [-0.3, -0.25) is 14.4 Å². The second-order valence-electron chi connectivity index (χ2n) is 8.81. The predicted octanol–water partition coefficient (Wildman–Crippen LogP) is 1.43. The topological polar surface area (TPSA) is 152 Å². The molecule has 202 valence electrons. The maximum atomic E-state index is 14.6. The van der Waals surface area contributed by atoms with Gasteiger partial charge in [0.05, 0.1) is 38.0 Å². The second kappa shape index (κ2) is 12.5. The van der Waals surface area contributed by atoms with Crippen LogP contribution in [0, 0.1) is 5.82 Å². The molecule has 1 aliphatic rings. The number of hydrogen-bond donors (Lipinski definition) is 4. The standard InChI is InChI=1S/C26H29FN4O7/c1-36-18-4-2-3-15(11-18)12-28-26(35)24-30-20-8-7-19(27)23(22(20)25(34)31-24)37-10-9-17-6-5-16(14-38-17)29-21(33)13-32/h2-4,7-8,11,16-17,32H,5-6,9-10,12-14H2,1H3,(H,28,35)(H,29,33)(H,30,31,34). The van der Waals surface area contributed by atoms with Crippen molar-refractivity contribution in [3.8, 4) is 11.5 Å². The summed E-state index contributed by atoms with van der Waals surface area (Å²) in [7, 11) is 1.55. The minimum Gasteiger partial charge on any atom is -0.497 e. The van der Waals surface area contributed by atoms with Crippen LogP contribution in [0.5, 0.6) is 11.5 Å². The van der Waals surface area contributed by atoms with E-state index in [0.29, 0.717) is 31.6 Å².